The van der Waals surface area contributed by atoms with Gasteiger partial charge in [0.25, 0.3) is 0 Å². The fraction of sp³-hybridized carbons (Fsp3) is 0.471. The first-order chi connectivity index (χ1) is 9.71. The van der Waals surface area contributed by atoms with Crippen molar-refractivity contribution in [2.24, 2.45) is 5.73 Å². The molecule has 3 heteroatoms. The summed E-state index contributed by atoms with van der Waals surface area (Å²) in [6.07, 6.45) is 4.23. The third-order valence-electron chi connectivity index (χ3n) is 2.80. The molecule has 3 nitrogen and oxygen atoms in total. The molecule has 110 valence electrons. The summed E-state index contributed by atoms with van der Waals surface area (Å²) in [6, 6.07) is 10.6. The van der Waals surface area contributed by atoms with Gasteiger partial charge in [-0.25, -0.2) is 0 Å². The van der Waals surface area contributed by atoms with Crippen LogP contribution in [0.1, 0.15) is 39.2 Å². The Labute approximate surface area is 123 Å². The molecule has 0 atom stereocenters. The van der Waals surface area contributed by atoms with E-state index in [0.717, 1.165) is 37.1 Å². The third kappa shape index (κ3) is 6.40. The van der Waals surface area contributed by atoms with E-state index in [1.165, 1.54) is 12.7 Å². The minimum absolute atomic E-state index is 0.738. The van der Waals surface area contributed by atoms with Crippen molar-refractivity contribution in [1.82, 2.24) is 0 Å². The highest BCUT2D eigenvalue weighted by atomic mass is 15.1. The Balaban J connectivity index is 0.00000172. The first-order valence-corrected chi connectivity index (χ1v) is 7.22. The normalized spacial score (nSPS) is 10.3. The molecule has 0 bridgehead atoms. The van der Waals surface area contributed by atoms with Crippen LogP contribution < -0.4 is 10.6 Å². The first-order valence-electron chi connectivity index (χ1n) is 7.22. The Morgan fingerprint density at radius 1 is 1.15 bits per heavy atom. The molecular weight excluding hydrogens is 246 g/mol. The smallest absolute Gasteiger partial charge is 0.0944 e. The van der Waals surface area contributed by atoms with Crippen molar-refractivity contribution in [3.8, 4) is 6.07 Å². The minimum atomic E-state index is 0.738. The van der Waals surface area contributed by atoms with Crippen molar-refractivity contribution >= 4 is 11.8 Å². The lowest BCUT2D eigenvalue weighted by Crippen LogP contribution is -2.24. The lowest BCUT2D eigenvalue weighted by Gasteiger charge is -2.23. The molecule has 2 N–H and O–H groups in total. The Morgan fingerprint density at radius 2 is 1.65 bits per heavy atom. The van der Waals surface area contributed by atoms with Crippen LogP contribution in [0, 0.1) is 11.3 Å². The van der Waals surface area contributed by atoms with Gasteiger partial charge >= 0.3 is 0 Å². The third-order valence-corrected chi connectivity index (χ3v) is 2.80. The summed E-state index contributed by atoms with van der Waals surface area (Å²) < 4.78 is 0. The number of hydrogen-bond acceptors (Lipinski definition) is 3. The van der Waals surface area contributed by atoms with Gasteiger partial charge in [0.2, 0.25) is 0 Å². The van der Waals surface area contributed by atoms with E-state index >= 15 is 0 Å². The molecule has 0 amide bonds. The molecule has 0 saturated heterocycles. The van der Waals surface area contributed by atoms with Crippen LogP contribution in [0.2, 0.25) is 0 Å². The molecular formula is C17H27N3. The number of anilines is 1. The summed E-state index contributed by atoms with van der Waals surface area (Å²) in [4.78, 5) is 2.41. The maximum absolute atomic E-state index is 8.75. The van der Waals surface area contributed by atoms with E-state index in [4.69, 9.17) is 5.26 Å². The van der Waals surface area contributed by atoms with Gasteiger partial charge in [-0.2, -0.15) is 5.26 Å². The largest absolute Gasteiger partial charge is 0.372 e. The second-order valence-corrected chi connectivity index (χ2v) is 4.52. The SMILES string of the molecule is CCCN(CCC)c1ccc(/C=C(/C)C#N)cc1.CN. The molecule has 0 aliphatic heterocycles. The maximum Gasteiger partial charge on any atom is 0.0944 e. The van der Waals surface area contributed by atoms with E-state index < -0.39 is 0 Å². The van der Waals surface area contributed by atoms with E-state index in [9.17, 15) is 0 Å². The Morgan fingerprint density at radius 3 is 2.05 bits per heavy atom. The summed E-state index contributed by atoms with van der Waals surface area (Å²) in [5.41, 5.74) is 7.60. The summed E-state index contributed by atoms with van der Waals surface area (Å²) in [5.74, 6) is 0. The van der Waals surface area contributed by atoms with Crippen molar-refractivity contribution in [2.45, 2.75) is 33.6 Å². The molecule has 1 aromatic rings. The topological polar surface area (TPSA) is 53.0 Å². The average molecular weight is 273 g/mol. The molecule has 0 spiro atoms. The van der Waals surface area contributed by atoms with Crippen LogP contribution in [0.4, 0.5) is 5.69 Å². The van der Waals surface area contributed by atoms with Gasteiger partial charge in [-0.3, -0.25) is 0 Å². The van der Waals surface area contributed by atoms with Crippen molar-refractivity contribution < 1.29 is 0 Å². The van der Waals surface area contributed by atoms with Gasteiger partial charge in [0.05, 0.1) is 6.07 Å². The van der Waals surface area contributed by atoms with Crippen molar-refractivity contribution in [2.75, 3.05) is 25.0 Å². The van der Waals surface area contributed by atoms with Crippen LogP contribution in [0.3, 0.4) is 0 Å². The standard InChI is InChI=1S/C16H22N2.CH5N/c1-4-10-18(11-5-2)16-8-6-15(7-9-16)12-14(3)13-17;1-2/h6-9,12H,4-5,10-11H2,1-3H3;2H2,1H3/b14-12-;. The summed E-state index contributed by atoms with van der Waals surface area (Å²) in [5, 5.41) is 8.75. The predicted octanol–water partition coefficient (Wildman–Crippen LogP) is 3.81. The quantitative estimate of drug-likeness (QED) is 0.802. The van der Waals surface area contributed by atoms with E-state index in [0.29, 0.717) is 0 Å². The lowest BCUT2D eigenvalue weighted by molar-refractivity contribution is 0.745. The molecule has 0 aliphatic rings. The van der Waals surface area contributed by atoms with Crippen LogP contribution in [0.5, 0.6) is 0 Å². The Bertz CT molecular complexity index is 421. The number of rotatable bonds is 6. The second kappa shape index (κ2) is 11.1. The van der Waals surface area contributed by atoms with Gasteiger partial charge in [-0.15, -0.1) is 0 Å². The fourth-order valence-electron chi connectivity index (χ4n) is 1.97. The Hall–Kier alpha value is -1.79. The summed E-state index contributed by atoms with van der Waals surface area (Å²) >= 11 is 0. The molecule has 0 fully saturated rings. The molecule has 0 heterocycles. The first kappa shape index (κ1) is 18.2. The van der Waals surface area contributed by atoms with Gasteiger partial charge in [0.1, 0.15) is 0 Å². The molecule has 1 aromatic carbocycles. The zero-order valence-electron chi connectivity index (χ0n) is 13.2. The fourth-order valence-corrected chi connectivity index (χ4v) is 1.97. The van der Waals surface area contributed by atoms with Gasteiger partial charge < -0.3 is 10.6 Å². The van der Waals surface area contributed by atoms with Crippen LogP contribution in [-0.4, -0.2) is 20.1 Å². The van der Waals surface area contributed by atoms with Gasteiger partial charge in [-0.1, -0.05) is 26.0 Å². The van der Waals surface area contributed by atoms with E-state index in [2.05, 4.69) is 54.8 Å². The van der Waals surface area contributed by atoms with Crippen LogP contribution >= 0.6 is 0 Å². The molecule has 20 heavy (non-hydrogen) atoms. The molecule has 0 radical (unpaired) electrons. The number of hydrogen-bond donors (Lipinski definition) is 1. The number of nitrogens with zero attached hydrogens (tertiary/aromatic N) is 2. The van der Waals surface area contributed by atoms with E-state index in [-0.39, 0.29) is 0 Å². The van der Waals surface area contributed by atoms with Crippen LogP contribution in [0.15, 0.2) is 29.8 Å². The highest BCUT2D eigenvalue weighted by molar-refractivity contribution is 5.59. The van der Waals surface area contributed by atoms with Gasteiger partial charge in [-0.05, 0) is 50.6 Å². The van der Waals surface area contributed by atoms with Crippen molar-refractivity contribution in [3.05, 3.63) is 35.4 Å². The molecule has 0 aromatic heterocycles. The van der Waals surface area contributed by atoms with Gasteiger partial charge in [0.15, 0.2) is 0 Å². The lowest BCUT2D eigenvalue weighted by atomic mass is 10.1. The van der Waals surface area contributed by atoms with Crippen molar-refractivity contribution in [1.29, 1.82) is 5.26 Å². The summed E-state index contributed by atoms with van der Waals surface area (Å²) in [6.45, 7) is 8.43. The van der Waals surface area contributed by atoms with Crippen LogP contribution in [-0.2, 0) is 0 Å². The highest BCUT2D eigenvalue weighted by Gasteiger charge is 2.03. The predicted molar refractivity (Wildman–Crippen MR) is 88.6 cm³/mol. The maximum atomic E-state index is 8.75. The van der Waals surface area contributed by atoms with Gasteiger partial charge in [0, 0.05) is 24.4 Å². The zero-order valence-corrected chi connectivity index (χ0v) is 13.2. The number of benzene rings is 1. The van der Waals surface area contributed by atoms with E-state index in [1.54, 1.807) is 0 Å². The second-order valence-electron chi connectivity index (χ2n) is 4.52. The number of allylic oxidation sites excluding steroid dienone is 1. The monoisotopic (exact) mass is 273 g/mol. The average Bonchev–Trinajstić information content (AvgIpc) is 2.50. The van der Waals surface area contributed by atoms with E-state index in [1.807, 2.05) is 13.0 Å². The minimum Gasteiger partial charge on any atom is -0.372 e. The molecule has 1 rings (SSSR count). The van der Waals surface area contributed by atoms with Crippen LogP contribution in [0.25, 0.3) is 6.08 Å². The molecule has 0 saturated carbocycles. The Kier molecular flexibility index (Phi) is 10.1. The zero-order chi connectivity index (χ0) is 15.4. The highest BCUT2D eigenvalue weighted by Crippen LogP contribution is 2.17. The molecule has 0 aliphatic carbocycles. The van der Waals surface area contributed by atoms with Crippen molar-refractivity contribution in [3.63, 3.8) is 0 Å². The molecule has 0 unspecified atom stereocenters. The number of nitriles is 1. The summed E-state index contributed by atoms with van der Waals surface area (Å²) in [7, 11) is 1.50. The number of nitrogens with two attached hydrogens (primary N) is 1.